The van der Waals surface area contributed by atoms with Crippen LogP contribution >= 0.6 is 0 Å². The molecule has 2 heterocycles. The first-order valence-electron chi connectivity index (χ1n) is 7.79. The number of carbonyl (C=O) groups excluding carboxylic acids is 1. The fourth-order valence-corrected chi connectivity index (χ4v) is 2.42. The number of aromatic nitrogens is 4. The number of benzene rings is 1. The summed E-state index contributed by atoms with van der Waals surface area (Å²) in [6.45, 7) is 0. The molecule has 1 amide bonds. The predicted octanol–water partition coefficient (Wildman–Crippen LogP) is 2.03. The van der Waals surface area contributed by atoms with Gasteiger partial charge >= 0.3 is 0 Å². The van der Waals surface area contributed by atoms with Crippen LogP contribution in [0.5, 0.6) is 0 Å². The van der Waals surface area contributed by atoms with Gasteiger partial charge in [0.15, 0.2) is 0 Å². The summed E-state index contributed by atoms with van der Waals surface area (Å²) in [4.78, 5) is 20.7. The van der Waals surface area contributed by atoms with Gasteiger partial charge in [0, 0.05) is 30.4 Å². The van der Waals surface area contributed by atoms with Crippen LogP contribution in [0, 0.1) is 0 Å². The second-order valence-corrected chi connectivity index (χ2v) is 5.75. The van der Waals surface area contributed by atoms with Crippen LogP contribution < -0.4 is 16.0 Å². The molecule has 1 aromatic carbocycles. The summed E-state index contributed by atoms with van der Waals surface area (Å²) < 4.78 is 0. The summed E-state index contributed by atoms with van der Waals surface area (Å²) in [7, 11) is 1.59. The summed E-state index contributed by atoms with van der Waals surface area (Å²) in [6.07, 6.45) is 5.49. The molecule has 2 aromatic heterocycles. The van der Waals surface area contributed by atoms with Gasteiger partial charge in [-0.3, -0.25) is 9.89 Å². The number of hydrogen-bond donors (Lipinski definition) is 4. The monoisotopic (exact) mass is 323 g/mol. The molecule has 8 heteroatoms. The van der Waals surface area contributed by atoms with E-state index in [0.29, 0.717) is 23.4 Å². The first kappa shape index (κ1) is 14.4. The molecule has 0 saturated heterocycles. The second kappa shape index (κ2) is 5.80. The number of nitrogens with zero attached hydrogens (tertiary/aromatic N) is 3. The second-order valence-electron chi connectivity index (χ2n) is 5.75. The highest BCUT2D eigenvalue weighted by Gasteiger charge is 2.24. The van der Waals surface area contributed by atoms with Crippen LogP contribution in [0.1, 0.15) is 23.2 Å². The smallest absolute Gasteiger partial charge is 0.256 e. The average Bonchev–Trinajstić information content (AvgIpc) is 3.28. The van der Waals surface area contributed by atoms with E-state index in [4.69, 9.17) is 0 Å². The van der Waals surface area contributed by atoms with Gasteiger partial charge in [-0.05, 0) is 31.0 Å². The van der Waals surface area contributed by atoms with E-state index in [9.17, 15) is 4.79 Å². The average molecular weight is 323 g/mol. The van der Waals surface area contributed by atoms with Crippen LogP contribution in [0.2, 0.25) is 0 Å². The molecule has 3 aromatic rings. The maximum atomic E-state index is 12.0. The third kappa shape index (κ3) is 2.85. The quantitative estimate of drug-likeness (QED) is 0.572. The molecular weight excluding hydrogens is 306 g/mol. The highest BCUT2D eigenvalue weighted by atomic mass is 16.1. The molecule has 0 unspecified atom stereocenters. The lowest BCUT2D eigenvalue weighted by atomic mass is 10.2. The van der Waals surface area contributed by atoms with Crippen molar-refractivity contribution in [2.45, 2.75) is 18.9 Å². The Hall–Kier alpha value is -3.16. The zero-order valence-electron chi connectivity index (χ0n) is 13.1. The third-order valence-corrected chi connectivity index (χ3v) is 3.88. The normalized spacial score (nSPS) is 13.7. The van der Waals surface area contributed by atoms with Crippen LogP contribution in [0.4, 0.5) is 17.5 Å². The van der Waals surface area contributed by atoms with Crippen LogP contribution in [0.3, 0.4) is 0 Å². The maximum Gasteiger partial charge on any atom is 0.256 e. The minimum absolute atomic E-state index is 0.205. The van der Waals surface area contributed by atoms with E-state index in [1.54, 1.807) is 13.2 Å². The zero-order valence-corrected chi connectivity index (χ0v) is 13.1. The van der Waals surface area contributed by atoms with Crippen molar-refractivity contribution in [3.05, 3.63) is 36.2 Å². The van der Waals surface area contributed by atoms with Gasteiger partial charge < -0.3 is 16.0 Å². The Labute approximate surface area is 138 Å². The summed E-state index contributed by atoms with van der Waals surface area (Å²) in [5.74, 6) is 0.783. The molecule has 0 spiro atoms. The zero-order chi connectivity index (χ0) is 16.5. The topological polar surface area (TPSA) is 108 Å². The Kier molecular flexibility index (Phi) is 3.49. The largest absolute Gasteiger partial charge is 0.367 e. The number of hydrogen-bond acceptors (Lipinski definition) is 6. The van der Waals surface area contributed by atoms with Gasteiger partial charge in [-0.25, -0.2) is 4.98 Å². The molecular formula is C16H17N7O. The van der Waals surface area contributed by atoms with Crippen LogP contribution in [0.15, 0.2) is 30.6 Å². The number of aromatic amines is 1. The van der Waals surface area contributed by atoms with E-state index in [1.165, 1.54) is 6.20 Å². The highest BCUT2D eigenvalue weighted by molar-refractivity contribution is 5.98. The van der Waals surface area contributed by atoms with Crippen molar-refractivity contribution in [1.29, 1.82) is 0 Å². The molecule has 1 fully saturated rings. The molecule has 8 nitrogen and oxygen atoms in total. The van der Waals surface area contributed by atoms with Crippen molar-refractivity contribution in [1.82, 2.24) is 25.5 Å². The predicted molar refractivity (Wildman–Crippen MR) is 91.4 cm³/mol. The maximum absolute atomic E-state index is 12.0. The minimum Gasteiger partial charge on any atom is -0.367 e. The minimum atomic E-state index is -0.205. The Balaban J connectivity index is 1.63. The molecule has 122 valence electrons. The SMILES string of the molecule is CNC(=O)c1cnc(Nc2ccc3cn[nH]c3c2)nc1NC1CC1. The van der Waals surface area contributed by atoms with Crippen molar-refractivity contribution in [2.24, 2.45) is 0 Å². The molecule has 0 atom stereocenters. The van der Waals surface area contributed by atoms with Gasteiger partial charge in [0.2, 0.25) is 5.95 Å². The van der Waals surface area contributed by atoms with Crippen molar-refractivity contribution < 1.29 is 4.79 Å². The molecule has 1 aliphatic rings. The number of amides is 1. The lowest BCUT2D eigenvalue weighted by Crippen LogP contribution is -2.21. The summed E-state index contributed by atoms with van der Waals surface area (Å²) >= 11 is 0. The van der Waals surface area contributed by atoms with Gasteiger partial charge in [0.25, 0.3) is 5.91 Å². The van der Waals surface area contributed by atoms with Crippen molar-refractivity contribution in [3.8, 4) is 0 Å². The molecule has 0 bridgehead atoms. The van der Waals surface area contributed by atoms with Gasteiger partial charge in [0.1, 0.15) is 11.4 Å². The number of carbonyl (C=O) groups is 1. The molecule has 1 saturated carbocycles. The molecule has 0 aliphatic heterocycles. The molecule has 0 radical (unpaired) electrons. The van der Waals surface area contributed by atoms with E-state index in [2.05, 4.69) is 36.1 Å². The van der Waals surface area contributed by atoms with Gasteiger partial charge in [-0.2, -0.15) is 10.1 Å². The molecule has 1 aliphatic carbocycles. The number of nitrogens with one attached hydrogen (secondary N) is 4. The van der Waals surface area contributed by atoms with Crippen LogP contribution in [-0.4, -0.2) is 39.2 Å². The van der Waals surface area contributed by atoms with E-state index >= 15 is 0 Å². The lowest BCUT2D eigenvalue weighted by Gasteiger charge is -2.11. The number of rotatable bonds is 5. The van der Waals surface area contributed by atoms with Crippen LogP contribution in [-0.2, 0) is 0 Å². The number of fused-ring (bicyclic) bond motifs is 1. The van der Waals surface area contributed by atoms with Gasteiger partial charge in [0.05, 0.1) is 11.7 Å². The molecule has 4 rings (SSSR count). The Morgan fingerprint density at radius 1 is 1.29 bits per heavy atom. The fourth-order valence-electron chi connectivity index (χ4n) is 2.42. The fraction of sp³-hybridized carbons (Fsp3) is 0.250. The van der Waals surface area contributed by atoms with E-state index in [1.807, 2.05) is 18.2 Å². The van der Waals surface area contributed by atoms with Crippen molar-refractivity contribution in [2.75, 3.05) is 17.7 Å². The third-order valence-electron chi connectivity index (χ3n) is 3.88. The summed E-state index contributed by atoms with van der Waals surface area (Å²) in [6, 6.07) is 6.22. The van der Waals surface area contributed by atoms with Crippen molar-refractivity contribution in [3.63, 3.8) is 0 Å². The summed E-state index contributed by atoms with van der Waals surface area (Å²) in [5, 5.41) is 17.0. The Bertz CT molecular complexity index is 900. The first-order valence-corrected chi connectivity index (χ1v) is 7.79. The lowest BCUT2D eigenvalue weighted by molar-refractivity contribution is 0.0963. The summed E-state index contributed by atoms with van der Waals surface area (Å²) in [5.41, 5.74) is 2.22. The molecule has 24 heavy (non-hydrogen) atoms. The Morgan fingerprint density at radius 2 is 2.17 bits per heavy atom. The standard InChI is InChI=1S/C16H17N7O/c1-17-15(24)12-8-18-16(22-14(12)20-10-4-5-10)21-11-3-2-9-7-19-23-13(9)6-11/h2-3,6-8,10H,4-5H2,1H3,(H,17,24)(H,19,23)(H2,18,20,21,22). The van der Waals surface area contributed by atoms with Gasteiger partial charge in [-0.1, -0.05) is 0 Å². The van der Waals surface area contributed by atoms with E-state index < -0.39 is 0 Å². The number of anilines is 3. The van der Waals surface area contributed by atoms with Gasteiger partial charge in [-0.15, -0.1) is 0 Å². The van der Waals surface area contributed by atoms with Crippen molar-refractivity contribution >= 4 is 34.3 Å². The molecule has 4 N–H and O–H groups in total. The van der Waals surface area contributed by atoms with E-state index in [0.717, 1.165) is 29.4 Å². The number of H-pyrrole nitrogens is 1. The van der Waals surface area contributed by atoms with E-state index in [-0.39, 0.29) is 5.91 Å². The first-order chi connectivity index (χ1) is 11.7. The Morgan fingerprint density at radius 3 is 2.96 bits per heavy atom. The van der Waals surface area contributed by atoms with Crippen LogP contribution in [0.25, 0.3) is 10.9 Å². The highest BCUT2D eigenvalue weighted by Crippen LogP contribution is 2.27.